The third-order valence-electron chi connectivity index (χ3n) is 4.17. The van der Waals surface area contributed by atoms with Crippen molar-refractivity contribution in [2.24, 2.45) is 0 Å². The van der Waals surface area contributed by atoms with Gasteiger partial charge in [-0.3, -0.25) is 0 Å². The number of hydrogen-bond acceptors (Lipinski definition) is 5. The summed E-state index contributed by atoms with van der Waals surface area (Å²) in [5.41, 5.74) is 0.823. The van der Waals surface area contributed by atoms with Gasteiger partial charge in [0.1, 0.15) is 29.5 Å². The molecule has 0 amide bonds. The van der Waals surface area contributed by atoms with Gasteiger partial charge in [0.05, 0.1) is 34.0 Å². The predicted molar refractivity (Wildman–Crippen MR) is 90.5 cm³/mol. The lowest BCUT2D eigenvalue weighted by Gasteiger charge is -2.23. The number of methoxy groups -OCH3 is 2. The van der Waals surface area contributed by atoms with Gasteiger partial charge in [-0.05, 0) is 18.6 Å². The van der Waals surface area contributed by atoms with E-state index in [0.29, 0.717) is 18.0 Å². The molecular weight excluding hydrogens is 332 g/mol. The van der Waals surface area contributed by atoms with E-state index in [0.717, 1.165) is 44.8 Å². The van der Waals surface area contributed by atoms with Gasteiger partial charge in [0.25, 0.3) is 0 Å². The minimum absolute atomic E-state index is 0.103. The maximum absolute atomic E-state index is 12.6. The number of sulfonamides is 1. The van der Waals surface area contributed by atoms with Crippen LogP contribution in [-0.2, 0) is 14.8 Å². The summed E-state index contributed by atoms with van der Waals surface area (Å²) in [5.74, 6) is 0.841. The number of quaternary nitrogens is 1. The molecule has 1 heterocycles. The van der Waals surface area contributed by atoms with Crippen LogP contribution in [0.5, 0.6) is 11.5 Å². The summed E-state index contributed by atoms with van der Waals surface area (Å²) in [7, 11) is -0.666. The van der Waals surface area contributed by atoms with Crippen molar-refractivity contribution in [1.29, 1.82) is 0 Å². The lowest BCUT2D eigenvalue weighted by molar-refractivity contribution is -0.908. The second-order valence-electron chi connectivity index (χ2n) is 5.84. The zero-order valence-corrected chi connectivity index (χ0v) is 15.4. The number of benzene rings is 1. The summed E-state index contributed by atoms with van der Waals surface area (Å²) in [6.07, 6.45) is 0.778. The van der Waals surface area contributed by atoms with Gasteiger partial charge in [-0.25, -0.2) is 13.1 Å². The summed E-state index contributed by atoms with van der Waals surface area (Å²) in [4.78, 5) is 1.56. The van der Waals surface area contributed by atoms with Crippen LogP contribution in [0.4, 0.5) is 0 Å². The molecule has 2 rings (SSSR count). The molecule has 0 aromatic heterocycles. The van der Waals surface area contributed by atoms with Crippen LogP contribution in [0.15, 0.2) is 17.0 Å². The molecule has 0 unspecified atom stereocenters. The van der Waals surface area contributed by atoms with Gasteiger partial charge in [-0.2, -0.15) is 0 Å². The van der Waals surface area contributed by atoms with E-state index in [2.05, 4.69) is 4.72 Å². The molecule has 0 atom stereocenters. The Bertz CT molecular complexity index is 642. The summed E-state index contributed by atoms with van der Waals surface area (Å²) < 4.78 is 43.6. The van der Waals surface area contributed by atoms with Gasteiger partial charge in [0, 0.05) is 19.0 Å². The Morgan fingerprint density at radius 3 is 2.46 bits per heavy atom. The highest BCUT2D eigenvalue weighted by Crippen LogP contribution is 2.31. The first kappa shape index (κ1) is 19.0. The molecule has 1 aromatic carbocycles. The van der Waals surface area contributed by atoms with Crippen LogP contribution in [0.3, 0.4) is 0 Å². The van der Waals surface area contributed by atoms with Crippen LogP contribution >= 0.6 is 0 Å². The molecule has 1 fully saturated rings. The van der Waals surface area contributed by atoms with Crippen molar-refractivity contribution in [2.75, 3.05) is 53.6 Å². The van der Waals surface area contributed by atoms with Crippen LogP contribution in [0.25, 0.3) is 0 Å². The molecule has 0 spiro atoms. The average Bonchev–Trinajstić information content (AvgIpc) is 2.59. The summed E-state index contributed by atoms with van der Waals surface area (Å²) in [5, 5.41) is 0. The molecule has 0 saturated carbocycles. The molecule has 0 bridgehead atoms. The molecule has 8 heteroatoms. The van der Waals surface area contributed by atoms with Crippen LogP contribution in [0.2, 0.25) is 0 Å². The van der Waals surface area contributed by atoms with E-state index >= 15 is 0 Å². The Kier molecular flexibility index (Phi) is 6.85. The largest absolute Gasteiger partial charge is 0.496 e. The molecule has 1 aliphatic rings. The Morgan fingerprint density at radius 2 is 1.83 bits per heavy atom. The zero-order valence-electron chi connectivity index (χ0n) is 14.6. The van der Waals surface area contributed by atoms with Gasteiger partial charge in [-0.1, -0.05) is 0 Å². The highest BCUT2D eigenvalue weighted by molar-refractivity contribution is 7.89. The van der Waals surface area contributed by atoms with Gasteiger partial charge in [-0.15, -0.1) is 0 Å². The molecule has 7 nitrogen and oxygen atoms in total. The first-order chi connectivity index (χ1) is 11.5. The SMILES string of the molecule is COc1cc(S(=O)(=O)NCCC[NH+]2CCOCC2)c(OC)cc1C. The molecule has 24 heavy (non-hydrogen) atoms. The summed E-state index contributed by atoms with van der Waals surface area (Å²) in [6.45, 7) is 6.69. The quantitative estimate of drug-likeness (QED) is 0.618. The number of morpholine rings is 1. The molecule has 0 aliphatic carbocycles. The molecule has 136 valence electrons. The Morgan fingerprint density at radius 1 is 1.17 bits per heavy atom. The first-order valence-corrected chi connectivity index (χ1v) is 9.60. The molecule has 2 N–H and O–H groups in total. The third kappa shape index (κ3) is 4.83. The standard InChI is InChI=1S/C16H26N2O5S/c1-13-11-15(22-3)16(12-14(13)21-2)24(19,20)17-5-4-6-18-7-9-23-10-8-18/h11-12,17H,4-10H2,1-3H3/p+1. The van der Waals surface area contributed by atoms with Crippen molar-refractivity contribution in [3.63, 3.8) is 0 Å². The van der Waals surface area contributed by atoms with Crippen molar-refractivity contribution < 1.29 is 27.5 Å². The van der Waals surface area contributed by atoms with E-state index in [4.69, 9.17) is 14.2 Å². The maximum Gasteiger partial charge on any atom is 0.244 e. The van der Waals surface area contributed by atoms with Crippen molar-refractivity contribution in [3.8, 4) is 11.5 Å². The smallest absolute Gasteiger partial charge is 0.244 e. The van der Waals surface area contributed by atoms with Crippen molar-refractivity contribution in [1.82, 2.24) is 4.72 Å². The molecule has 1 saturated heterocycles. The number of rotatable bonds is 8. The molecule has 1 aromatic rings. The van der Waals surface area contributed by atoms with Gasteiger partial charge < -0.3 is 19.1 Å². The number of nitrogens with one attached hydrogen (secondary N) is 2. The minimum Gasteiger partial charge on any atom is -0.496 e. The van der Waals surface area contributed by atoms with E-state index in [1.54, 1.807) is 6.07 Å². The number of aryl methyl sites for hydroxylation is 1. The van der Waals surface area contributed by atoms with E-state index < -0.39 is 10.0 Å². The van der Waals surface area contributed by atoms with E-state index in [1.807, 2.05) is 6.92 Å². The fourth-order valence-corrected chi connectivity index (χ4v) is 4.00. The summed E-state index contributed by atoms with van der Waals surface area (Å²) >= 11 is 0. The van der Waals surface area contributed by atoms with Gasteiger partial charge in [0.15, 0.2) is 0 Å². The predicted octanol–water partition coefficient (Wildman–Crippen LogP) is -0.404. The first-order valence-electron chi connectivity index (χ1n) is 8.11. The monoisotopic (exact) mass is 359 g/mol. The van der Waals surface area contributed by atoms with E-state index in [-0.39, 0.29) is 4.90 Å². The Labute approximate surface area is 143 Å². The van der Waals surface area contributed by atoms with Crippen LogP contribution in [-0.4, -0.2) is 62.0 Å². The fourth-order valence-electron chi connectivity index (χ4n) is 2.77. The highest BCUT2D eigenvalue weighted by atomic mass is 32.2. The zero-order chi connectivity index (χ0) is 17.6. The van der Waals surface area contributed by atoms with Crippen molar-refractivity contribution >= 4 is 10.0 Å². The molecular formula is C16H27N2O5S+. The van der Waals surface area contributed by atoms with Crippen molar-refractivity contribution in [3.05, 3.63) is 17.7 Å². The van der Waals surface area contributed by atoms with E-state index in [1.165, 1.54) is 25.2 Å². The van der Waals surface area contributed by atoms with Crippen LogP contribution in [0, 0.1) is 6.92 Å². The second kappa shape index (κ2) is 8.66. The van der Waals surface area contributed by atoms with Gasteiger partial charge in [0.2, 0.25) is 10.0 Å². The lowest BCUT2D eigenvalue weighted by Crippen LogP contribution is -3.14. The molecule has 0 radical (unpaired) electrons. The topological polar surface area (TPSA) is 78.3 Å². The second-order valence-corrected chi connectivity index (χ2v) is 7.57. The van der Waals surface area contributed by atoms with Crippen molar-refractivity contribution in [2.45, 2.75) is 18.2 Å². The Balaban J connectivity index is 1.98. The number of ether oxygens (including phenoxy) is 3. The highest BCUT2D eigenvalue weighted by Gasteiger charge is 2.22. The minimum atomic E-state index is -3.64. The average molecular weight is 359 g/mol. The Hall–Kier alpha value is -1.35. The molecule has 1 aliphatic heterocycles. The van der Waals surface area contributed by atoms with Crippen LogP contribution < -0.4 is 19.1 Å². The summed E-state index contributed by atoms with van der Waals surface area (Å²) in [6, 6.07) is 3.18. The normalized spacial score (nSPS) is 16.1. The fraction of sp³-hybridized carbons (Fsp3) is 0.625. The number of hydrogen-bond donors (Lipinski definition) is 2. The maximum atomic E-state index is 12.6. The van der Waals surface area contributed by atoms with Crippen LogP contribution in [0.1, 0.15) is 12.0 Å². The lowest BCUT2D eigenvalue weighted by atomic mass is 10.2. The van der Waals surface area contributed by atoms with E-state index in [9.17, 15) is 8.42 Å². The third-order valence-corrected chi connectivity index (χ3v) is 5.65. The van der Waals surface area contributed by atoms with Gasteiger partial charge >= 0.3 is 0 Å².